The Hall–Kier alpha value is -6.38. The van der Waals surface area contributed by atoms with E-state index in [9.17, 15) is 24.0 Å². The van der Waals surface area contributed by atoms with Crippen LogP contribution in [-0.4, -0.2) is 61.9 Å². The zero-order valence-electron chi connectivity index (χ0n) is 32.3. The minimum atomic E-state index is -0.781. The van der Waals surface area contributed by atoms with Gasteiger partial charge in [0.05, 0.1) is 32.9 Å². The average molecular weight is 819 g/mol. The van der Waals surface area contributed by atoms with Crippen molar-refractivity contribution in [3.63, 3.8) is 0 Å². The predicted molar refractivity (Wildman–Crippen MR) is 225 cm³/mol. The number of thioether (sulfide) groups is 1. The summed E-state index contributed by atoms with van der Waals surface area (Å²) in [6, 6.07) is 29.9. The van der Waals surface area contributed by atoms with Gasteiger partial charge in [0.15, 0.2) is 0 Å². The number of anilines is 2. The molecule has 14 heteroatoms. The lowest BCUT2D eigenvalue weighted by molar-refractivity contribution is -0.129. The van der Waals surface area contributed by atoms with Gasteiger partial charge in [0.25, 0.3) is 11.8 Å². The zero-order valence-corrected chi connectivity index (χ0v) is 34.0. The number of hydrogen-bond donors (Lipinski definition) is 3. The Bertz CT molecular complexity index is 2350. The van der Waals surface area contributed by atoms with Crippen LogP contribution in [0.25, 0.3) is 6.08 Å². The van der Waals surface area contributed by atoms with Gasteiger partial charge in [-0.25, -0.2) is 4.79 Å². The third-order valence-corrected chi connectivity index (χ3v) is 11.6. The van der Waals surface area contributed by atoms with Crippen LogP contribution in [0.15, 0.2) is 114 Å². The normalized spacial score (nSPS) is 12.8. The number of carbonyl (C=O) groups is 5. The molecule has 0 fully saturated rings. The maximum Gasteiger partial charge on any atom is 0.341 e. The van der Waals surface area contributed by atoms with E-state index in [0.29, 0.717) is 68.8 Å². The predicted octanol–water partition coefficient (Wildman–Crippen LogP) is 7.73. The van der Waals surface area contributed by atoms with Gasteiger partial charge in [0.1, 0.15) is 27.4 Å². The van der Waals surface area contributed by atoms with Crippen molar-refractivity contribution in [2.45, 2.75) is 37.0 Å². The van der Waals surface area contributed by atoms with Gasteiger partial charge in [-0.3, -0.25) is 19.2 Å². The summed E-state index contributed by atoms with van der Waals surface area (Å²) in [6.45, 7) is 4.19. The molecular weight excluding hydrogens is 777 g/mol. The van der Waals surface area contributed by atoms with Crippen LogP contribution in [0.2, 0.25) is 0 Å². The molecule has 0 saturated heterocycles. The van der Waals surface area contributed by atoms with Gasteiger partial charge in [-0.15, -0.1) is 23.1 Å². The van der Waals surface area contributed by atoms with Crippen LogP contribution in [-0.2, 0) is 32.1 Å². The summed E-state index contributed by atoms with van der Waals surface area (Å²) in [5.74, 6) is -1.08. The molecule has 0 bridgehead atoms. The monoisotopic (exact) mass is 818 g/mol. The van der Waals surface area contributed by atoms with Crippen molar-refractivity contribution in [1.29, 1.82) is 0 Å². The van der Waals surface area contributed by atoms with Crippen molar-refractivity contribution in [2.75, 3.05) is 38.0 Å². The lowest BCUT2D eigenvalue weighted by Crippen LogP contribution is -2.34. The minimum absolute atomic E-state index is 0.0533. The third-order valence-electron chi connectivity index (χ3n) is 9.17. The van der Waals surface area contributed by atoms with Crippen molar-refractivity contribution >= 4 is 69.5 Å². The number of amides is 4. The molecule has 0 aliphatic carbocycles. The van der Waals surface area contributed by atoms with Crippen LogP contribution < -0.4 is 25.4 Å². The van der Waals surface area contributed by atoms with Gasteiger partial charge in [-0.2, -0.15) is 0 Å². The van der Waals surface area contributed by atoms with Gasteiger partial charge >= 0.3 is 5.97 Å². The molecule has 298 valence electrons. The highest BCUT2D eigenvalue weighted by atomic mass is 32.2. The maximum atomic E-state index is 14.3. The SMILES string of the molecule is CCOC(=O)c1c(NC(=O)C(Sc2cccc(NC(=O)/C(=C\c3cc(OC)ccc3OC)NC(=O)c3ccccc3)c2)c2ccccc2)sc2c1CCN(C(C)=O)C2. The number of ether oxygens (including phenoxy) is 3. The Balaban J connectivity index is 1.28. The van der Waals surface area contributed by atoms with E-state index >= 15 is 0 Å². The van der Waals surface area contributed by atoms with Crippen LogP contribution in [0.1, 0.15) is 61.4 Å². The molecule has 1 atom stereocenters. The second kappa shape index (κ2) is 19.2. The van der Waals surface area contributed by atoms with Crippen LogP contribution in [0.4, 0.5) is 10.7 Å². The maximum absolute atomic E-state index is 14.3. The third kappa shape index (κ3) is 9.94. The molecule has 3 N–H and O–H groups in total. The number of thiophene rings is 1. The smallest absolute Gasteiger partial charge is 0.341 e. The summed E-state index contributed by atoms with van der Waals surface area (Å²) < 4.78 is 16.3. The van der Waals surface area contributed by atoms with Gasteiger partial charge in [0, 0.05) is 40.1 Å². The number of carbonyl (C=O) groups excluding carboxylic acids is 5. The minimum Gasteiger partial charge on any atom is -0.497 e. The van der Waals surface area contributed by atoms with Gasteiger partial charge in [0.2, 0.25) is 11.8 Å². The van der Waals surface area contributed by atoms with E-state index in [1.54, 1.807) is 78.6 Å². The first-order valence-corrected chi connectivity index (χ1v) is 20.1. The Labute approximate surface area is 344 Å². The van der Waals surface area contributed by atoms with E-state index in [1.807, 2.05) is 36.4 Å². The van der Waals surface area contributed by atoms with Crippen LogP contribution >= 0.6 is 23.1 Å². The Morgan fingerprint density at radius 2 is 1.62 bits per heavy atom. The second-order valence-corrected chi connectivity index (χ2v) is 15.3. The Kier molecular flexibility index (Phi) is 13.6. The summed E-state index contributed by atoms with van der Waals surface area (Å²) in [5, 5.41) is 8.25. The van der Waals surface area contributed by atoms with E-state index in [-0.39, 0.29) is 24.1 Å². The first kappa shape index (κ1) is 41.3. The first-order chi connectivity index (χ1) is 28.1. The largest absolute Gasteiger partial charge is 0.497 e. The first-order valence-electron chi connectivity index (χ1n) is 18.4. The van der Waals surface area contributed by atoms with Crippen LogP contribution in [0, 0.1) is 0 Å². The topological polar surface area (TPSA) is 152 Å². The zero-order chi connectivity index (χ0) is 41.2. The molecule has 6 rings (SSSR count). The average Bonchev–Trinajstić information content (AvgIpc) is 3.60. The number of hydrogen-bond acceptors (Lipinski definition) is 10. The molecule has 12 nitrogen and oxygen atoms in total. The molecule has 4 aromatic carbocycles. The number of nitrogens with zero attached hydrogens (tertiary/aromatic N) is 1. The molecule has 4 amide bonds. The van der Waals surface area contributed by atoms with E-state index in [4.69, 9.17) is 14.2 Å². The van der Waals surface area contributed by atoms with Gasteiger partial charge in [-0.05, 0) is 79.1 Å². The summed E-state index contributed by atoms with van der Waals surface area (Å²) in [6.07, 6.45) is 1.97. The van der Waals surface area contributed by atoms with Crippen LogP contribution in [0.3, 0.4) is 0 Å². The number of nitrogens with one attached hydrogen (secondary N) is 3. The van der Waals surface area contributed by atoms with E-state index < -0.39 is 23.0 Å². The molecule has 1 aliphatic rings. The summed E-state index contributed by atoms with van der Waals surface area (Å²) >= 11 is 2.53. The molecule has 1 aliphatic heterocycles. The van der Waals surface area contributed by atoms with E-state index in [0.717, 1.165) is 10.4 Å². The quantitative estimate of drug-likeness (QED) is 0.0581. The Morgan fingerprint density at radius 1 is 0.879 bits per heavy atom. The lowest BCUT2D eigenvalue weighted by Gasteiger charge is -2.25. The number of esters is 1. The Morgan fingerprint density at radius 3 is 2.31 bits per heavy atom. The van der Waals surface area contributed by atoms with E-state index in [2.05, 4.69) is 16.0 Å². The highest BCUT2D eigenvalue weighted by Gasteiger charge is 2.32. The highest BCUT2D eigenvalue weighted by molar-refractivity contribution is 8.00. The summed E-state index contributed by atoms with van der Waals surface area (Å²) in [7, 11) is 3.03. The van der Waals surface area contributed by atoms with Gasteiger partial charge < -0.3 is 35.1 Å². The fraction of sp³-hybridized carbons (Fsp3) is 0.205. The van der Waals surface area contributed by atoms with Crippen LogP contribution in [0.5, 0.6) is 11.5 Å². The van der Waals surface area contributed by atoms with Crippen molar-refractivity contribution in [3.8, 4) is 11.5 Å². The molecule has 2 heterocycles. The second-order valence-electron chi connectivity index (χ2n) is 13.0. The summed E-state index contributed by atoms with van der Waals surface area (Å²) in [4.78, 5) is 70.2. The fourth-order valence-electron chi connectivity index (χ4n) is 6.29. The summed E-state index contributed by atoms with van der Waals surface area (Å²) in [5.41, 5.74) is 3.01. The lowest BCUT2D eigenvalue weighted by atomic mass is 10.0. The van der Waals surface area contributed by atoms with Crippen molar-refractivity contribution in [3.05, 3.63) is 142 Å². The molecule has 0 spiro atoms. The number of rotatable bonds is 14. The van der Waals surface area contributed by atoms with Gasteiger partial charge in [-0.1, -0.05) is 54.6 Å². The number of benzene rings is 4. The standard InChI is InChI=1S/C44H42N4O8S2/c1-5-56-44(53)38-34-21-22-48(27(2)49)26-37(34)58-43(38)47-42(52)39(28-13-8-6-9-14-28)57-33-18-12-17-31(25-33)45-41(51)35(46-40(50)29-15-10-7-11-16-29)24-30-23-32(54-3)19-20-36(30)55-4/h6-20,23-25,39H,5,21-22,26H2,1-4H3,(H,45,51)(H,46,50)(H,47,52)/b35-24+. The van der Waals surface area contributed by atoms with Crippen molar-refractivity contribution in [1.82, 2.24) is 10.2 Å². The van der Waals surface area contributed by atoms with Crippen molar-refractivity contribution in [2.24, 2.45) is 0 Å². The molecule has 5 aromatic rings. The number of fused-ring (bicyclic) bond motifs is 1. The molecule has 1 aromatic heterocycles. The molecule has 1 unspecified atom stereocenters. The van der Waals surface area contributed by atoms with E-state index in [1.165, 1.54) is 50.3 Å². The van der Waals surface area contributed by atoms with Crippen molar-refractivity contribution < 1.29 is 38.2 Å². The highest BCUT2D eigenvalue weighted by Crippen LogP contribution is 2.41. The molecular formula is C44H42N4O8S2. The number of methoxy groups -OCH3 is 2. The molecule has 0 saturated carbocycles. The molecule has 0 radical (unpaired) electrons. The fourth-order valence-corrected chi connectivity index (χ4v) is 8.63. The molecule has 58 heavy (non-hydrogen) atoms.